The fourth-order valence-corrected chi connectivity index (χ4v) is 2.88. The monoisotopic (exact) mass is 372 g/mol. The molecular formula is C19H28N6O2. The maximum Gasteiger partial charge on any atom is 0.191 e. The Morgan fingerprint density at radius 3 is 3.15 bits per heavy atom. The molecule has 2 aromatic heterocycles. The van der Waals surface area contributed by atoms with Gasteiger partial charge in [0.2, 0.25) is 0 Å². The van der Waals surface area contributed by atoms with Crippen LogP contribution in [-0.2, 0) is 16.0 Å². The van der Waals surface area contributed by atoms with E-state index in [1.165, 1.54) is 0 Å². The van der Waals surface area contributed by atoms with Gasteiger partial charge >= 0.3 is 0 Å². The molecule has 1 aliphatic heterocycles. The van der Waals surface area contributed by atoms with Gasteiger partial charge in [-0.1, -0.05) is 0 Å². The van der Waals surface area contributed by atoms with Crippen LogP contribution >= 0.6 is 0 Å². The molecular weight excluding hydrogens is 344 g/mol. The third-order valence-corrected chi connectivity index (χ3v) is 4.32. The Balaban J connectivity index is 1.33. The van der Waals surface area contributed by atoms with Crippen LogP contribution in [0.2, 0.25) is 0 Å². The number of aromatic nitrogens is 3. The molecule has 0 aliphatic carbocycles. The molecule has 0 bridgehead atoms. The molecule has 1 unspecified atom stereocenters. The Bertz CT molecular complexity index is 698. The lowest BCUT2D eigenvalue weighted by Crippen LogP contribution is -2.37. The number of aliphatic imine (C=N–C) groups is 1. The van der Waals surface area contributed by atoms with Crippen molar-refractivity contribution in [2.45, 2.75) is 31.9 Å². The first-order chi connectivity index (χ1) is 13.3. The minimum Gasteiger partial charge on any atom is -0.379 e. The molecule has 8 heteroatoms. The summed E-state index contributed by atoms with van der Waals surface area (Å²) in [5.41, 5.74) is 1.11. The second kappa shape index (κ2) is 10.6. The molecule has 2 N–H and O–H groups in total. The first-order valence-electron chi connectivity index (χ1n) is 9.44. The van der Waals surface area contributed by atoms with Gasteiger partial charge in [0.1, 0.15) is 0 Å². The summed E-state index contributed by atoms with van der Waals surface area (Å²) in [4.78, 5) is 8.60. The van der Waals surface area contributed by atoms with E-state index in [2.05, 4.69) is 25.7 Å². The van der Waals surface area contributed by atoms with Crippen molar-refractivity contribution in [3.8, 4) is 5.82 Å². The summed E-state index contributed by atoms with van der Waals surface area (Å²) in [5.74, 6) is 1.57. The summed E-state index contributed by atoms with van der Waals surface area (Å²) in [5, 5.41) is 10.8. The number of nitrogens with one attached hydrogen (secondary N) is 2. The van der Waals surface area contributed by atoms with E-state index in [9.17, 15) is 0 Å². The lowest BCUT2D eigenvalue weighted by Gasteiger charge is -2.13. The van der Waals surface area contributed by atoms with Crippen LogP contribution in [0.4, 0.5) is 0 Å². The number of guanidine groups is 1. The molecule has 0 spiro atoms. The van der Waals surface area contributed by atoms with Gasteiger partial charge in [-0.2, -0.15) is 5.10 Å². The predicted octanol–water partition coefficient (Wildman–Crippen LogP) is 1.52. The van der Waals surface area contributed by atoms with Gasteiger partial charge in [-0.25, -0.2) is 9.67 Å². The Morgan fingerprint density at radius 2 is 2.37 bits per heavy atom. The van der Waals surface area contributed by atoms with Crippen LogP contribution in [0.3, 0.4) is 0 Å². The molecule has 0 radical (unpaired) electrons. The first kappa shape index (κ1) is 19.3. The lowest BCUT2D eigenvalue weighted by atomic mass is 10.2. The van der Waals surface area contributed by atoms with Gasteiger partial charge in [-0.15, -0.1) is 0 Å². The quantitative estimate of drug-likeness (QED) is 0.394. The van der Waals surface area contributed by atoms with E-state index in [4.69, 9.17) is 9.47 Å². The number of pyridine rings is 1. The van der Waals surface area contributed by atoms with E-state index in [1.807, 2.05) is 24.4 Å². The SMILES string of the molecule is CN=C(NCCCOCC1CCCO1)NCc1ccnc(-n2cccn2)c1. The van der Waals surface area contributed by atoms with E-state index in [0.717, 1.165) is 56.4 Å². The molecule has 1 fully saturated rings. The maximum absolute atomic E-state index is 5.67. The topological polar surface area (TPSA) is 85.6 Å². The van der Waals surface area contributed by atoms with Crippen molar-refractivity contribution >= 4 is 5.96 Å². The van der Waals surface area contributed by atoms with Gasteiger partial charge in [-0.3, -0.25) is 4.99 Å². The number of hydrogen-bond donors (Lipinski definition) is 2. The van der Waals surface area contributed by atoms with Gasteiger partial charge in [0, 0.05) is 51.9 Å². The Morgan fingerprint density at radius 1 is 1.41 bits per heavy atom. The third-order valence-electron chi connectivity index (χ3n) is 4.32. The van der Waals surface area contributed by atoms with E-state index in [-0.39, 0.29) is 0 Å². The number of ether oxygens (including phenoxy) is 2. The Kier molecular flexibility index (Phi) is 7.61. The molecule has 1 aliphatic rings. The smallest absolute Gasteiger partial charge is 0.191 e. The van der Waals surface area contributed by atoms with Crippen molar-refractivity contribution in [3.63, 3.8) is 0 Å². The molecule has 1 saturated heterocycles. The summed E-state index contributed by atoms with van der Waals surface area (Å²) in [7, 11) is 1.77. The largest absolute Gasteiger partial charge is 0.379 e. The normalized spacial score (nSPS) is 17.2. The van der Waals surface area contributed by atoms with Crippen molar-refractivity contribution in [1.29, 1.82) is 0 Å². The Labute approximate surface area is 160 Å². The lowest BCUT2D eigenvalue weighted by molar-refractivity contribution is 0.0168. The van der Waals surface area contributed by atoms with Gasteiger partial charge in [0.15, 0.2) is 11.8 Å². The second-order valence-electron chi connectivity index (χ2n) is 6.39. The zero-order chi connectivity index (χ0) is 18.7. The summed E-state index contributed by atoms with van der Waals surface area (Å²) in [6.45, 7) is 3.76. The molecule has 0 amide bonds. The van der Waals surface area contributed by atoms with Crippen LogP contribution in [0, 0.1) is 0 Å². The molecule has 0 aromatic carbocycles. The van der Waals surface area contributed by atoms with E-state index in [0.29, 0.717) is 19.3 Å². The van der Waals surface area contributed by atoms with Crippen molar-refractivity contribution in [3.05, 3.63) is 42.4 Å². The van der Waals surface area contributed by atoms with Crippen LogP contribution in [0.1, 0.15) is 24.8 Å². The minimum atomic E-state index is 0.291. The van der Waals surface area contributed by atoms with Crippen LogP contribution in [-0.4, -0.2) is 60.2 Å². The van der Waals surface area contributed by atoms with Crippen LogP contribution in [0.5, 0.6) is 0 Å². The van der Waals surface area contributed by atoms with Crippen LogP contribution < -0.4 is 10.6 Å². The van der Waals surface area contributed by atoms with Crippen molar-refractivity contribution in [2.24, 2.45) is 4.99 Å². The van der Waals surface area contributed by atoms with Crippen molar-refractivity contribution in [2.75, 3.05) is 33.4 Å². The number of hydrogen-bond acceptors (Lipinski definition) is 5. The molecule has 1 atom stereocenters. The van der Waals surface area contributed by atoms with E-state index < -0.39 is 0 Å². The van der Waals surface area contributed by atoms with Gasteiger partial charge in [0.05, 0.1) is 12.7 Å². The number of nitrogens with zero attached hydrogens (tertiary/aromatic N) is 4. The maximum atomic E-state index is 5.67. The van der Waals surface area contributed by atoms with Crippen LogP contribution in [0.25, 0.3) is 5.82 Å². The summed E-state index contributed by atoms with van der Waals surface area (Å²) < 4.78 is 13.0. The molecule has 8 nitrogen and oxygen atoms in total. The van der Waals surface area contributed by atoms with Gasteiger partial charge in [0.25, 0.3) is 0 Å². The van der Waals surface area contributed by atoms with E-state index in [1.54, 1.807) is 24.1 Å². The third kappa shape index (κ3) is 6.33. The van der Waals surface area contributed by atoms with Gasteiger partial charge < -0.3 is 20.1 Å². The van der Waals surface area contributed by atoms with Crippen molar-refractivity contribution < 1.29 is 9.47 Å². The van der Waals surface area contributed by atoms with Gasteiger partial charge in [-0.05, 0) is 43.0 Å². The van der Waals surface area contributed by atoms with Crippen molar-refractivity contribution in [1.82, 2.24) is 25.4 Å². The molecule has 0 saturated carbocycles. The minimum absolute atomic E-state index is 0.291. The average molecular weight is 372 g/mol. The highest BCUT2D eigenvalue weighted by molar-refractivity contribution is 5.79. The van der Waals surface area contributed by atoms with E-state index >= 15 is 0 Å². The molecule has 3 rings (SSSR count). The molecule has 3 heterocycles. The zero-order valence-electron chi connectivity index (χ0n) is 15.8. The average Bonchev–Trinajstić information content (AvgIpc) is 3.41. The highest BCUT2D eigenvalue weighted by Crippen LogP contribution is 2.11. The first-order valence-corrected chi connectivity index (χ1v) is 9.44. The molecule has 146 valence electrons. The number of rotatable bonds is 9. The van der Waals surface area contributed by atoms with Crippen LogP contribution in [0.15, 0.2) is 41.8 Å². The predicted molar refractivity (Wildman–Crippen MR) is 104 cm³/mol. The standard InChI is InChI=1S/C19H28N6O2/c1-20-19(22-7-4-11-26-15-17-5-2-12-27-17)23-14-16-6-9-21-18(13-16)25-10-3-8-24-25/h3,6,8-10,13,17H,2,4-5,7,11-12,14-15H2,1H3,(H2,20,22,23). The second-order valence-corrected chi connectivity index (χ2v) is 6.39. The summed E-state index contributed by atoms with van der Waals surface area (Å²) in [6, 6.07) is 5.86. The Hall–Kier alpha value is -2.45. The summed E-state index contributed by atoms with van der Waals surface area (Å²) in [6.07, 6.45) is 8.88. The fraction of sp³-hybridized carbons (Fsp3) is 0.526. The molecule has 27 heavy (non-hydrogen) atoms. The highest BCUT2D eigenvalue weighted by atomic mass is 16.5. The summed E-state index contributed by atoms with van der Waals surface area (Å²) >= 11 is 0. The highest BCUT2D eigenvalue weighted by Gasteiger charge is 2.14. The fourth-order valence-electron chi connectivity index (χ4n) is 2.88. The zero-order valence-corrected chi connectivity index (χ0v) is 15.8. The molecule has 2 aromatic rings.